The zero-order chi connectivity index (χ0) is 23.7. The first kappa shape index (κ1) is 22.7. The highest BCUT2D eigenvalue weighted by Crippen LogP contribution is 2.27. The Morgan fingerprint density at radius 3 is 2.61 bits per heavy atom. The van der Waals surface area contributed by atoms with Crippen LogP contribution in [-0.4, -0.2) is 24.5 Å². The molecular formula is C24H24ClN5O3. The molecule has 0 aromatic carbocycles. The van der Waals surface area contributed by atoms with Crippen LogP contribution in [-0.2, 0) is 6.61 Å². The van der Waals surface area contributed by atoms with E-state index in [0.717, 1.165) is 11.4 Å². The second-order valence-corrected chi connectivity index (χ2v) is 8.44. The van der Waals surface area contributed by atoms with Crippen molar-refractivity contribution in [2.75, 3.05) is 0 Å². The third kappa shape index (κ3) is 4.66. The van der Waals surface area contributed by atoms with Gasteiger partial charge < -0.3 is 9.15 Å². The predicted octanol–water partition coefficient (Wildman–Crippen LogP) is 4.96. The first-order valence-electron chi connectivity index (χ1n) is 10.5. The van der Waals surface area contributed by atoms with Crippen LogP contribution in [0.15, 0.2) is 46.1 Å². The molecule has 9 heteroatoms. The molecule has 0 bridgehead atoms. The fraction of sp³-hybridized carbons (Fsp3) is 0.292. The molecule has 4 rings (SSSR count). The van der Waals surface area contributed by atoms with Crippen molar-refractivity contribution in [1.29, 1.82) is 0 Å². The Hall–Kier alpha value is -3.52. The monoisotopic (exact) mass is 465 g/mol. The van der Waals surface area contributed by atoms with Crippen molar-refractivity contribution in [2.24, 2.45) is 0 Å². The number of hydrogen-bond acceptors (Lipinski definition) is 7. The van der Waals surface area contributed by atoms with Crippen LogP contribution in [0.4, 0.5) is 0 Å². The number of oxazole rings is 1. The van der Waals surface area contributed by atoms with Gasteiger partial charge in [-0.05, 0) is 31.5 Å². The van der Waals surface area contributed by atoms with Gasteiger partial charge in [-0.3, -0.25) is 14.3 Å². The van der Waals surface area contributed by atoms with Crippen LogP contribution < -0.4 is 10.3 Å². The van der Waals surface area contributed by atoms with E-state index in [9.17, 15) is 4.79 Å². The van der Waals surface area contributed by atoms with Gasteiger partial charge in [0.25, 0.3) is 5.56 Å². The van der Waals surface area contributed by atoms with Crippen molar-refractivity contribution in [1.82, 2.24) is 24.5 Å². The summed E-state index contributed by atoms with van der Waals surface area (Å²) in [6.07, 6.45) is 4.95. The number of nitrogens with zero attached hydrogens (tertiary/aromatic N) is 5. The van der Waals surface area contributed by atoms with Gasteiger partial charge in [-0.25, -0.2) is 15.0 Å². The van der Waals surface area contributed by atoms with Crippen molar-refractivity contribution < 1.29 is 9.15 Å². The highest BCUT2D eigenvalue weighted by molar-refractivity contribution is 6.31. The summed E-state index contributed by atoms with van der Waals surface area (Å²) in [6.45, 7) is 9.67. The fourth-order valence-electron chi connectivity index (χ4n) is 3.40. The number of aryl methyl sites for hydroxylation is 3. The predicted molar refractivity (Wildman–Crippen MR) is 125 cm³/mol. The molecule has 0 fully saturated rings. The summed E-state index contributed by atoms with van der Waals surface area (Å²) in [5.74, 6) is 1.75. The lowest BCUT2D eigenvalue weighted by Gasteiger charge is -2.16. The van der Waals surface area contributed by atoms with Crippen molar-refractivity contribution in [2.45, 2.75) is 47.1 Å². The Morgan fingerprint density at radius 2 is 1.91 bits per heavy atom. The number of halogens is 1. The van der Waals surface area contributed by atoms with Crippen molar-refractivity contribution >= 4 is 11.6 Å². The fourth-order valence-corrected chi connectivity index (χ4v) is 3.59. The van der Waals surface area contributed by atoms with Gasteiger partial charge in [0, 0.05) is 37.0 Å². The van der Waals surface area contributed by atoms with Crippen LogP contribution in [0, 0.1) is 20.8 Å². The number of hydrogen-bond donors (Lipinski definition) is 0. The molecule has 0 spiro atoms. The van der Waals surface area contributed by atoms with Crippen LogP contribution in [0.5, 0.6) is 5.75 Å². The summed E-state index contributed by atoms with van der Waals surface area (Å²) in [5.41, 5.74) is 3.73. The number of rotatable bonds is 6. The lowest BCUT2D eigenvalue weighted by molar-refractivity contribution is 0.300. The van der Waals surface area contributed by atoms with Crippen LogP contribution in [0.25, 0.3) is 17.1 Å². The van der Waals surface area contributed by atoms with Gasteiger partial charge >= 0.3 is 0 Å². The van der Waals surface area contributed by atoms with E-state index in [4.69, 9.17) is 20.8 Å². The molecule has 4 aromatic rings. The van der Waals surface area contributed by atoms with Crippen molar-refractivity contribution in [3.63, 3.8) is 0 Å². The topological polar surface area (TPSA) is 95.9 Å². The van der Waals surface area contributed by atoms with Crippen LogP contribution in [0.3, 0.4) is 0 Å². The Labute approximate surface area is 196 Å². The Balaban J connectivity index is 1.73. The number of aromatic nitrogens is 5. The minimum Gasteiger partial charge on any atom is -0.485 e. The van der Waals surface area contributed by atoms with Gasteiger partial charge in [-0.15, -0.1) is 0 Å². The standard InChI is InChI=1S/C24H24ClN5O3/c1-13(2)23-26-7-6-18(29-23)19-9-20(14(3)10-27-19)30-15(4)8-21(22(25)24(30)31)33-12-17-11-32-16(5)28-17/h6-11,13H,12H2,1-5H3. The van der Waals surface area contributed by atoms with E-state index in [1.807, 2.05) is 33.8 Å². The molecule has 0 amide bonds. The third-order valence-corrected chi connectivity index (χ3v) is 5.46. The first-order chi connectivity index (χ1) is 15.7. The Morgan fingerprint density at radius 1 is 1.12 bits per heavy atom. The van der Waals surface area contributed by atoms with Gasteiger partial charge in [0.05, 0.1) is 17.1 Å². The summed E-state index contributed by atoms with van der Waals surface area (Å²) >= 11 is 6.42. The molecule has 4 heterocycles. The maximum atomic E-state index is 13.2. The average Bonchev–Trinajstić information content (AvgIpc) is 3.21. The molecule has 0 aliphatic rings. The normalized spacial score (nSPS) is 11.2. The highest BCUT2D eigenvalue weighted by atomic mass is 35.5. The van der Waals surface area contributed by atoms with Crippen molar-refractivity contribution in [3.8, 4) is 22.8 Å². The summed E-state index contributed by atoms with van der Waals surface area (Å²) in [6, 6.07) is 5.38. The van der Waals surface area contributed by atoms with E-state index in [0.29, 0.717) is 40.1 Å². The summed E-state index contributed by atoms with van der Waals surface area (Å²) in [5, 5.41) is -0.0114. The molecule has 0 N–H and O–H groups in total. The van der Waals surface area contributed by atoms with Gasteiger partial charge in [0.2, 0.25) is 0 Å². The molecule has 0 aliphatic carbocycles. The van der Waals surface area contributed by atoms with Crippen LogP contribution >= 0.6 is 11.6 Å². The molecular weight excluding hydrogens is 442 g/mol. The molecule has 4 aromatic heterocycles. The molecule has 0 saturated carbocycles. The zero-order valence-electron chi connectivity index (χ0n) is 19.1. The quantitative estimate of drug-likeness (QED) is 0.397. The van der Waals surface area contributed by atoms with Gasteiger partial charge in [-0.2, -0.15) is 0 Å². The largest absolute Gasteiger partial charge is 0.485 e. The first-order valence-corrected chi connectivity index (χ1v) is 10.9. The molecule has 0 aliphatic heterocycles. The maximum absolute atomic E-state index is 13.2. The van der Waals surface area contributed by atoms with E-state index < -0.39 is 0 Å². The summed E-state index contributed by atoms with van der Waals surface area (Å²) in [7, 11) is 0. The zero-order valence-corrected chi connectivity index (χ0v) is 19.8. The van der Waals surface area contributed by atoms with E-state index in [-0.39, 0.29) is 23.1 Å². The van der Waals surface area contributed by atoms with Gasteiger partial charge in [0.1, 0.15) is 35.2 Å². The molecule has 33 heavy (non-hydrogen) atoms. The summed E-state index contributed by atoms with van der Waals surface area (Å²) < 4.78 is 12.5. The molecule has 0 saturated heterocycles. The molecule has 170 valence electrons. The SMILES string of the molecule is Cc1nc(COc2cc(C)n(-c3cc(-c4ccnc(C(C)C)n4)ncc3C)c(=O)c2Cl)co1. The van der Waals surface area contributed by atoms with Crippen molar-refractivity contribution in [3.05, 3.63) is 80.9 Å². The second-order valence-electron chi connectivity index (χ2n) is 8.06. The Bertz CT molecular complexity index is 1380. The van der Waals surface area contributed by atoms with E-state index in [1.54, 1.807) is 36.0 Å². The molecule has 0 atom stereocenters. The molecule has 0 radical (unpaired) electrons. The summed E-state index contributed by atoms with van der Waals surface area (Å²) in [4.78, 5) is 30.9. The second kappa shape index (κ2) is 9.15. The lowest BCUT2D eigenvalue weighted by Crippen LogP contribution is -2.22. The lowest BCUT2D eigenvalue weighted by atomic mass is 10.1. The highest BCUT2D eigenvalue weighted by Gasteiger charge is 2.17. The van der Waals surface area contributed by atoms with Crippen LogP contribution in [0.2, 0.25) is 5.02 Å². The Kier molecular flexibility index (Phi) is 6.29. The van der Waals surface area contributed by atoms with Crippen LogP contribution in [0.1, 0.15) is 48.4 Å². The maximum Gasteiger partial charge on any atom is 0.277 e. The smallest absolute Gasteiger partial charge is 0.277 e. The number of pyridine rings is 2. The van der Waals surface area contributed by atoms with E-state index >= 15 is 0 Å². The van der Waals surface area contributed by atoms with Gasteiger partial charge in [0.15, 0.2) is 5.89 Å². The van der Waals surface area contributed by atoms with E-state index in [2.05, 4.69) is 19.9 Å². The molecule has 8 nitrogen and oxygen atoms in total. The number of ether oxygens (including phenoxy) is 1. The average molecular weight is 466 g/mol. The minimum absolute atomic E-state index is 0.0114. The minimum atomic E-state index is -0.381. The van der Waals surface area contributed by atoms with Gasteiger partial charge in [-0.1, -0.05) is 25.4 Å². The third-order valence-electron chi connectivity index (χ3n) is 5.11. The molecule has 0 unspecified atom stereocenters. The van der Waals surface area contributed by atoms with E-state index in [1.165, 1.54) is 6.26 Å².